The number of carbonyl (C=O) groups excluding carboxylic acids is 1. The van der Waals surface area contributed by atoms with Crippen LogP contribution in [0.3, 0.4) is 0 Å². The van der Waals surface area contributed by atoms with E-state index in [1.807, 2.05) is 67.6 Å². The molecule has 1 atom stereocenters. The second-order valence-corrected chi connectivity index (χ2v) is 8.17. The van der Waals surface area contributed by atoms with Crippen LogP contribution in [-0.2, 0) is 4.79 Å². The van der Waals surface area contributed by atoms with Gasteiger partial charge in [-0.1, -0.05) is 54.1 Å². The molecule has 6 heteroatoms. The van der Waals surface area contributed by atoms with Crippen molar-refractivity contribution in [2.24, 2.45) is 0 Å². The van der Waals surface area contributed by atoms with E-state index in [4.69, 9.17) is 15.9 Å². The van der Waals surface area contributed by atoms with E-state index in [1.165, 1.54) is 11.8 Å². The van der Waals surface area contributed by atoms with Gasteiger partial charge in [0.15, 0.2) is 5.50 Å². The monoisotopic (exact) mass is 430 g/mol. The minimum Gasteiger partial charge on any atom is -0.495 e. The predicted molar refractivity (Wildman–Crippen MR) is 127 cm³/mol. The number of rotatable bonds is 6. The number of benzene rings is 3. The van der Waals surface area contributed by atoms with E-state index in [0.29, 0.717) is 10.7 Å². The summed E-state index contributed by atoms with van der Waals surface area (Å²) in [6.45, 7) is 2.17. The fourth-order valence-electron chi connectivity index (χ4n) is 3.44. The fourth-order valence-corrected chi connectivity index (χ4v) is 4.40. The minimum atomic E-state index is -0.320. The summed E-state index contributed by atoms with van der Waals surface area (Å²) in [5, 5.41) is 8.37. The molecule has 3 aromatic carbocycles. The number of nitrogens with one attached hydrogen (secondary N) is 2. The lowest BCUT2D eigenvalue weighted by Crippen LogP contribution is -2.31. The zero-order valence-corrected chi connectivity index (χ0v) is 18.1. The Morgan fingerprint density at radius 1 is 1.19 bits per heavy atom. The highest BCUT2D eigenvalue weighted by Gasteiger charge is 2.28. The number of terminal acetylenes is 1. The normalized spacial score (nSPS) is 16.7. The zero-order chi connectivity index (χ0) is 21.8. The van der Waals surface area contributed by atoms with Gasteiger partial charge in [0, 0.05) is 5.56 Å². The largest absolute Gasteiger partial charge is 0.495 e. The van der Waals surface area contributed by atoms with Crippen LogP contribution in [0.2, 0.25) is 0 Å². The SMILES string of the molecule is C#CCOc1ccc2ccccc2c1/C=C1\SC(Nc2cc(C)ccc2OC)NC1=O. The Hall–Kier alpha value is -3.56. The zero-order valence-electron chi connectivity index (χ0n) is 17.3. The number of aryl methyl sites for hydroxylation is 1. The van der Waals surface area contributed by atoms with Gasteiger partial charge in [0.2, 0.25) is 0 Å². The molecule has 1 aliphatic heterocycles. The van der Waals surface area contributed by atoms with E-state index in [9.17, 15) is 4.79 Å². The number of hydrogen-bond acceptors (Lipinski definition) is 5. The first-order chi connectivity index (χ1) is 15.1. The van der Waals surface area contributed by atoms with Gasteiger partial charge in [0.25, 0.3) is 5.91 Å². The molecule has 5 nitrogen and oxygen atoms in total. The van der Waals surface area contributed by atoms with Gasteiger partial charge in [0.05, 0.1) is 17.7 Å². The van der Waals surface area contributed by atoms with Crippen molar-refractivity contribution < 1.29 is 14.3 Å². The van der Waals surface area contributed by atoms with Crippen LogP contribution in [-0.4, -0.2) is 25.1 Å². The Bertz CT molecular complexity index is 1210. The summed E-state index contributed by atoms with van der Waals surface area (Å²) in [7, 11) is 1.62. The summed E-state index contributed by atoms with van der Waals surface area (Å²) < 4.78 is 11.2. The van der Waals surface area contributed by atoms with E-state index in [1.54, 1.807) is 7.11 Å². The fraction of sp³-hybridized carbons (Fsp3) is 0.160. The molecule has 1 saturated heterocycles. The quantitative estimate of drug-likeness (QED) is 0.436. The molecule has 2 N–H and O–H groups in total. The molecule has 31 heavy (non-hydrogen) atoms. The van der Waals surface area contributed by atoms with Gasteiger partial charge in [-0.3, -0.25) is 4.79 Å². The number of fused-ring (bicyclic) bond motifs is 1. The Kier molecular flexibility index (Phi) is 6.06. The van der Waals surface area contributed by atoms with Gasteiger partial charge >= 0.3 is 0 Å². The van der Waals surface area contributed by atoms with Crippen molar-refractivity contribution in [2.45, 2.75) is 12.4 Å². The van der Waals surface area contributed by atoms with Crippen molar-refractivity contribution in [1.29, 1.82) is 0 Å². The van der Waals surface area contributed by atoms with E-state index in [0.717, 1.165) is 33.3 Å². The van der Waals surface area contributed by atoms with Gasteiger partial charge < -0.3 is 20.1 Å². The van der Waals surface area contributed by atoms with E-state index < -0.39 is 0 Å². The van der Waals surface area contributed by atoms with Crippen molar-refractivity contribution in [3.8, 4) is 23.8 Å². The number of hydrogen-bond donors (Lipinski definition) is 2. The standard InChI is InChI=1S/C25H22N2O3S/c1-4-13-30-21-12-10-17-7-5-6-8-18(17)19(21)15-23-24(28)27-25(31-23)26-20-14-16(2)9-11-22(20)29-3/h1,5-12,14-15,25-26H,13H2,2-3H3,(H,27,28)/b23-15-. The maximum atomic E-state index is 12.7. The Morgan fingerprint density at radius 2 is 2.00 bits per heavy atom. The number of carbonyl (C=O) groups is 1. The highest BCUT2D eigenvalue weighted by Crippen LogP contribution is 2.37. The molecule has 1 heterocycles. The predicted octanol–water partition coefficient (Wildman–Crippen LogP) is 4.77. The minimum absolute atomic E-state index is 0.148. The number of amides is 1. The molecule has 1 amide bonds. The molecule has 1 aliphatic rings. The summed E-state index contributed by atoms with van der Waals surface area (Å²) >= 11 is 1.41. The first-order valence-electron chi connectivity index (χ1n) is 9.77. The maximum absolute atomic E-state index is 12.7. The molecule has 1 fully saturated rings. The molecule has 156 valence electrons. The number of methoxy groups -OCH3 is 1. The third kappa shape index (κ3) is 4.47. The second kappa shape index (κ2) is 9.07. The third-order valence-electron chi connectivity index (χ3n) is 4.89. The number of anilines is 1. The lowest BCUT2D eigenvalue weighted by molar-refractivity contribution is -0.116. The summed E-state index contributed by atoms with van der Waals surface area (Å²) in [5.41, 5.74) is 2.43. The van der Waals surface area contributed by atoms with Crippen LogP contribution in [0.4, 0.5) is 5.69 Å². The molecule has 0 saturated carbocycles. The van der Waals surface area contributed by atoms with Gasteiger partial charge in [-0.2, -0.15) is 0 Å². The smallest absolute Gasteiger partial charge is 0.260 e. The van der Waals surface area contributed by atoms with Crippen LogP contribution in [0.25, 0.3) is 16.8 Å². The first kappa shape index (κ1) is 20.7. The van der Waals surface area contributed by atoms with Crippen LogP contribution < -0.4 is 20.1 Å². The number of ether oxygens (including phenoxy) is 2. The van der Waals surface area contributed by atoms with Gasteiger partial charge in [-0.15, -0.1) is 6.42 Å². The van der Waals surface area contributed by atoms with Crippen LogP contribution in [0, 0.1) is 19.3 Å². The van der Waals surface area contributed by atoms with Gasteiger partial charge in [-0.05, 0) is 47.5 Å². The molecule has 0 aliphatic carbocycles. The van der Waals surface area contributed by atoms with E-state index in [2.05, 4.69) is 16.6 Å². The van der Waals surface area contributed by atoms with E-state index in [-0.39, 0.29) is 18.0 Å². The molecule has 0 bridgehead atoms. The third-order valence-corrected chi connectivity index (χ3v) is 5.92. The molecular weight excluding hydrogens is 408 g/mol. The molecule has 0 spiro atoms. The molecule has 0 aromatic heterocycles. The Balaban J connectivity index is 1.66. The lowest BCUT2D eigenvalue weighted by Gasteiger charge is -2.16. The first-order valence-corrected chi connectivity index (χ1v) is 10.7. The molecule has 0 radical (unpaired) electrons. The molecule has 3 aromatic rings. The Morgan fingerprint density at radius 3 is 2.81 bits per heavy atom. The molecular formula is C25H22N2O3S. The van der Waals surface area contributed by atoms with Crippen LogP contribution in [0.15, 0.2) is 59.5 Å². The van der Waals surface area contributed by atoms with Crippen molar-refractivity contribution in [3.05, 3.63) is 70.6 Å². The summed E-state index contributed by atoms with van der Waals surface area (Å²) in [5.74, 6) is 3.71. The highest BCUT2D eigenvalue weighted by molar-refractivity contribution is 8.05. The maximum Gasteiger partial charge on any atom is 0.260 e. The Labute approximate surface area is 185 Å². The average Bonchev–Trinajstić information content (AvgIpc) is 3.12. The van der Waals surface area contributed by atoms with E-state index >= 15 is 0 Å². The molecule has 4 rings (SSSR count). The lowest BCUT2D eigenvalue weighted by atomic mass is 10.0. The van der Waals surface area contributed by atoms with Crippen molar-refractivity contribution in [3.63, 3.8) is 0 Å². The highest BCUT2D eigenvalue weighted by atomic mass is 32.2. The van der Waals surface area contributed by atoms with Crippen molar-refractivity contribution in [1.82, 2.24) is 5.32 Å². The second-order valence-electron chi connectivity index (χ2n) is 7.02. The summed E-state index contributed by atoms with van der Waals surface area (Å²) in [4.78, 5) is 13.3. The van der Waals surface area contributed by atoms with Gasteiger partial charge in [0.1, 0.15) is 18.1 Å². The van der Waals surface area contributed by atoms with Crippen LogP contribution in [0.5, 0.6) is 11.5 Å². The molecule has 1 unspecified atom stereocenters. The van der Waals surface area contributed by atoms with Crippen LogP contribution in [0.1, 0.15) is 11.1 Å². The van der Waals surface area contributed by atoms with Crippen LogP contribution >= 0.6 is 11.8 Å². The summed E-state index contributed by atoms with van der Waals surface area (Å²) in [6.07, 6.45) is 7.24. The average molecular weight is 431 g/mol. The topological polar surface area (TPSA) is 59.6 Å². The van der Waals surface area contributed by atoms with Crippen molar-refractivity contribution in [2.75, 3.05) is 19.0 Å². The van der Waals surface area contributed by atoms with Crippen molar-refractivity contribution >= 4 is 40.2 Å². The van der Waals surface area contributed by atoms with Gasteiger partial charge in [-0.25, -0.2) is 0 Å². The number of thioether (sulfide) groups is 1. The summed E-state index contributed by atoms with van der Waals surface area (Å²) in [6, 6.07) is 17.7.